The van der Waals surface area contributed by atoms with Gasteiger partial charge in [0.2, 0.25) is 0 Å². The van der Waals surface area contributed by atoms with Crippen molar-refractivity contribution in [2.75, 3.05) is 6.54 Å². The highest BCUT2D eigenvalue weighted by Gasteiger charge is 2.31. The number of hydrogen-bond acceptors (Lipinski definition) is 2. The van der Waals surface area contributed by atoms with Gasteiger partial charge in [-0.15, -0.1) is 0 Å². The first-order chi connectivity index (χ1) is 7.25. The zero-order valence-corrected chi connectivity index (χ0v) is 9.27. The molecule has 0 saturated heterocycles. The maximum Gasteiger partial charge on any atom is 0.128 e. The van der Waals surface area contributed by atoms with Gasteiger partial charge in [0, 0.05) is 12.2 Å². The van der Waals surface area contributed by atoms with Gasteiger partial charge in [-0.05, 0) is 30.1 Å². The SMILES string of the molecule is CC(C)[C@H]1CN2C(=N1)C=CC1=C2C=CC1. The van der Waals surface area contributed by atoms with E-state index in [4.69, 9.17) is 4.99 Å². The number of amidine groups is 1. The van der Waals surface area contributed by atoms with Crippen LogP contribution in [0.1, 0.15) is 20.3 Å². The first-order valence-electron chi connectivity index (χ1n) is 5.69. The summed E-state index contributed by atoms with van der Waals surface area (Å²) in [5.74, 6) is 1.78. The molecule has 78 valence electrons. The van der Waals surface area contributed by atoms with Crippen LogP contribution >= 0.6 is 0 Å². The van der Waals surface area contributed by atoms with Crippen molar-refractivity contribution in [1.82, 2.24) is 4.90 Å². The third-order valence-corrected chi connectivity index (χ3v) is 3.38. The van der Waals surface area contributed by atoms with Crippen LogP contribution < -0.4 is 0 Å². The predicted molar refractivity (Wildman–Crippen MR) is 62.7 cm³/mol. The van der Waals surface area contributed by atoms with Crippen LogP contribution in [-0.4, -0.2) is 23.3 Å². The second-order valence-electron chi connectivity index (χ2n) is 4.76. The molecule has 2 heterocycles. The Bertz CT molecular complexity index is 410. The smallest absolute Gasteiger partial charge is 0.128 e. The Balaban J connectivity index is 1.94. The van der Waals surface area contributed by atoms with Crippen LogP contribution in [0.25, 0.3) is 0 Å². The highest BCUT2D eigenvalue weighted by molar-refractivity contribution is 5.98. The molecule has 0 N–H and O–H groups in total. The Morgan fingerprint density at radius 2 is 2.20 bits per heavy atom. The van der Waals surface area contributed by atoms with Crippen LogP contribution in [0.5, 0.6) is 0 Å². The normalized spacial score (nSPS) is 27.5. The van der Waals surface area contributed by atoms with Gasteiger partial charge in [-0.25, -0.2) is 0 Å². The molecule has 1 aliphatic carbocycles. The molecule has 0 aromatic heterocycles. The summed E-state index contributed by atoms with van der Waals surface area (Å²) in [7, 11) is 0. The lowest BCUT2D eigenvalue weighted by Gasteiger charge is -2.24. The van der Waals surface area contributed by atoms with Gasteiger partial charge in [0.15, 0.2) is 0 Å². The highest BCUT2D eigenvalue weighted by Crippen LogP contribution is 2.31. The van der Waals surface area contributed by atoms with Gasteiger partial charge in [0.05, 0.1) is 6.04 Å². The zero-order chi connectivity index (χ0) is 10.4. The third-order valence-electron chi connectivity index (χ3n) is 3.38. The van der Waals surface area contributed by atoms with Crippen LogP contribution in [0.2, 0.25) is 0 Å². The average Bonchev–Trinajstić information content (AvgIpc) is 2.82. The van der Waals surface area contributed by atoms with E-state index in [-0.39, 0.29) is 0 Å². The maximum absolute atomic E-state index is 4.76. The summed E-state index contributed by atoms with van der Waals surface area (Å²) >= 11 is 0. The molecule has 15 heavy (non-hydrogen) atoms. The summed E-state index contributed by atoms with van der Waals surface area (Å²) < 4.78 is 0. The van der Waals surface area contributed by atoms with E-state index in [1.54, 1.807) is 0 Å². The topological polar surface area (TPSA) is 15.6 Å². The molecule has 3 rings (SSSR count). The van der Waals surface area contributed by atoms with E-state index in [2.05, 4.69) is 43.1 Å². The van der Waals surface area contributed by atoms with Crippen molar-refractivity contribution in [3.8, 4) is 0 Å². The minimum atomic E-state index is 0.463. The first-order valence-corrected chi connectivity index (χ1v) is 5.69. The van der Waals surface area contributed by atoms with Gasteiger partial charge < -0.3 is 4.90 Å². The molecule has 0 amide bonds. The number of nitrogens with zero attached hydrogens (tertiary/aromatic N) is 2. The second-order valence-corrected chi connectivity index (χ2v) is 4.76. The summed E-state index contributed by atoms with van der Waals surface area (Å²) in [6.45, 7) is 5.55. The van der Waals surface area contributed by atoms with E-state index in [0.717, 1.165) is 18.8 Å². The van der Waals surface area contributed by atoms with E-state index >= 15 is 0 Å². The summed E-state index contributed by atoms with van der Waals surface area (Å²) in [5.41, 5.74) is 2.82. The summed E-state index contributed by atoms with van der Waals surface area (Å²) in [6, 6.07) is 0.463. The van der Waals surface area contributed by atoms with Crippen LogP contribution in [0, 0.1) is 5.92 Å². The van der Waals surface area contributed by atoms with E-state index in [1.165, 1.54) is 11.3 Å². The Morgan fingerprint density at radius 1 is 1.33 bits per heavy atom. The fraction of sp³-hybridized carbons (Fsp3) is 0.462. The number of rotatable bonds is 1. The van der Waals surface area contributed by atoms with Crippen molar-refractivity contribution >= 4 is 5.84 Å². The van der Waals surface area contributed by atoms with Gasteiger partial charge in [0.1, 0.15) is 5.84 Å². The highest BCUT2D eigenvalue weighted by atomic mass is 15.3. The molecule has 2 nitrogen and oxygen atoms in total. The van der Waals surface area contributed by atoms with E-state index < -0.39 is 0 Å². The summed E-state index contributed by atoms with van der Waals surface area (Å²) in [4.78, 5) is 7.12. The third kappa shape index (κ3) is 1.28. The van der Waals surface area contributed by atoms with E-state index in [0.29, 0.717) is 12.0 Å². The van der Waals surface area contributed by atoms with Crippen LogP contribution in [-0.2, 0) is 0 Å². The van der Waals surface area contributed by atoms with Gasteiger partial charge in [-0.1, -0.05) is 26.0 Å². The van der Waals surface area contributed by atoms with Crippen molar-refractivity contribution < 1.29 is 0 Å². The molecule has 0 aromatic carbocycles. The Morgan fingerprint density at radius 3 is 3.00 bits per heavy atom. The standard InChI is InChI=1S/C13H16N2/c1-9(2)11-8-15-12-5-3-4-10(12)6-7-13(15)14-11/h3,5-7,9,11H,4,8H2,1-2H3/t11-/m1/s1. The van der Waals surface area contributed by atoms with Crippen LogP contribution in [0.3, 0.4) is 0 Å². The lowest BCUT2D eigenvalue weighted by atomic mass is 10.1. The van der Waals surface area contributed by atoms with Crippen LogP contribution in [0.4, 0.5) is 0 Å². The minimum absolute atomic E-state index is 0.463. The molecule has 0 saturated carbocycles. The molecule has 0 bridgehead atoms. The van der Waals surface area contributed by atoms with Crippen molar-refractivity contribution in [3.05, 3.63) is 35.6 Å². The largest absolute Gasteiger partial charge is 0.324 e. The average molecular weight is 200 g/mol. The molecular weight excluding hydrogens is 184 g/mol. The van der Waals surface area contributed by atoms with E-state index in [1.807, 2.05) is 0 Å². The monoisotopic (exact) mass is 200 g/mol. The number of allylic oxidation sites excluding steroid dienone is 4. The molecule has 1 atom stereocenters. The predicted octanol–water partition coefficient (Wildman–Crippen LogP) is 2.51. The Kier molecular flexibility index (Phi) is 1.84. The van der Waals surface area contributed by atoms with Gasteiger partial charge in [-0.2, -0.15) is 0 Å². The number of aliphatic imine (C=N–C) groups is 1. The molecule has 0 radical (unpaired) electrons. The van der Waals surface area contributed by atoms with Gasteiger partial charge in [0.25, 0.3) is 0 Å². The minimum Gasteiger partial charge on any atom is -0.324 e. The quantitative estimate of drug-likeness (QED) is 0.635. The molecule has 0 spiro atoms. The zero-order valence-electron chi connectivity index (χ0n) is 9.27. The molecule has 3 aliphatic rings. The molecule has 2 heteroatoms. The first kappa shape index (κ1) is 8.96. The van der Waals surface area contributed by atoms with Gasteiger partial charge in [-0.3, -0.25) is 4.99 Å². The molecular formula is C13H16N2. The number of fused-ring (bicyclic) bond motifs is 2. The fourth-order valence-electron chi connectivity index (χ4n) is 2.38. The second kappa shape index (κ2) is 3.09. The van der Waals surface area contributed by atoms with Crippen molar-refractivity contribution in [2.24, 2.45) is 10.9 Å². The Hall–Kier alpha value is -1.31. The molecule has 2 aliphatic heterocycles. The molecule has 0 fully saturated rings. The molecule has 0 aromatic rings. The molecule has 0 unspecified atom stereocenters. The van der Waals surface area contributed by atoms with Crippen LogP contribution in [0.15, 0.2) is 40.6 Å². The maximum atomic E-state index is 4.76. The fourth-order valence-corrected chi connectivity index (χ4v) is 2.38. The van der Waals surface area contributed by atoms with Crippen molar-refractivity contribution in [2.45, 2.75) is 26.3 Å². The lowest BCUT2D eigenvalue weighted by Crippen LogP contribution is -2.30. The summed E-state index contributed by atoms with van der Waals surface area (Å²) in [6.07, 6.45) is 9.93. The van der Waals surface area contributed by atoms with E-state index in [9.17, 15) is 0 Å². The van der Waals surface area contributed by atoms with Crippen molar-refractivity contribution in [3.63, 3.8) is 0 Å². The van der Waals surface area contributed by atoms with Gasteiger partial charge >= 0.3 is 0 Å². The summed E-state index contributed by atoms with van der Waals surface area (Å²) in [5, 5.41) is 0. The Labute approximate surface area is 90.7 Å². The lowest BCUT2D eigenvalue weighted by molar-refractivity contribution is 0.436. The van der Waals surface area contributed by atoms with Crippen molar-refractivity contribution in [1.29, 1.82) is 0 Å². The number of hydrogen-bond donors (Lipinski definition) is 0.